The summed E-state index contributed by atoms with van der Waals surface area (Å²) in [4.78, 5) is 2.13. The van der Waals surface area contributed by atoms with Gasteiger partial charge in [-0.1, -0.05) is 70.5 Å². The lowest BCUT2D eigenvalue weighted by Crippen LogP contribution is -2.36. The zero-order chi connectivity index (χ0) is 22.5. The first-order chi connectivity index (χ1) is 15.5. The van der Waals surface area contributed by atoms with E-state index in [4.69, 9.17) is 23.2 Å². The van der Waals surface area contributed by atoms with Gasteiger partial charge in [0.05, 0.1) is 35.7 Å². The van der Waals surface area contributed by atoms with E-state index in [0.29, 0.717) is 10.0 Å². The summed E-state index contributed by atoms with van der Waals surface area (Å²) in [5, 5.41) is 29.2. The molecule has 0 unspecified atom stereocenters. The van der Waals surface area contributed by atoms with Crippen LogP contribution < -0.4 is 10.6 Å². The van der Waals surface area contributed by atoms with Crippen molar-refractivity contribution in [3.63, 3.8) is 0 Å². The molecule has 0 spiro atoms. The maximum Gasteiger partial charge on any atom is 0.0741 e. The van der Waals surface area contributed by atoms with Crippen LogP contribution in [0.15, 0.2) is 46.2 Å². The third kappa shape index (κ3) is 6.43. The van der Waals surface area contributed by atoms with Crippen molar-refractivity contribution in [3.05, 3.63) is 46.4 Å². The zero-order valence-electron chi connectivity index (χ0n) is 17.9. The van der Waals surface area contributed by atoms with Gasteiger partial charge in [0.1, 0.15) is 0 Å². The number of nitrogens with one attached hydrogen (secondary N) is 2. The van der Waals surface area contributed by atoms with Crippen LogP contribution in [-0.2, 0) is 0 Å². The van der Waals surface area contributed by atoms with Gasteiger partial charge in [-0.2, -0.15) is 0 Å². The number of benzene rings is 2. The number of aliphatic hydroxyl groups excluding tert-OH is 2. The van der Waals surface area contributed by atoms with E-state index in [0.717, 1.165) is 72.5 Å². The van der Waals surface area contributed by atoms with Gasteiger partial charge >= 0.3 is 0 Å². The first kappa shape index (κ1) is 24.4. The maximum atomic E-state index is 10.4. The smallest absolute Gasteiger partial charge is 0.0741 e. The normalized spacial score (nSPS) is 26.0. The van der Waals surface area contributed by atoms with Gasteiger partial charge in [-0.05, 0) is 62.1 Å². The highest BCUT2D eigenvalue weighted by atomic mass is 35.5. The summed E-state index contributed by atoms with van der Waals surface area (Å²) < 4.78 is 0. The molecule has 0 aromatic heterocycles. The molecule has 2 aliphatic rings. The summed E-state index contributed by atoms with van der Waals surface area (Å²) in [7, 11) is 3.30. The van der Waals surface area contributed by atoms with Crippen molar-refractivity contribution in [3.8, 4) is 0 Å². The van der Waals surface area contributed by atoms with Gasteiger partial charge < -0.3 is 20.8 Å². The predicted octanol–water partition coefficient (Wildman–Crippen LogP) is 7.22. The fraction of sp³-hybridized carbons (Fsp3) is 0.500. The van der Waals surface area contributed by atoms with Crippen molar-refractivity contribution in [2.24, 2.45) is 0 Å². The van der Waals surface area contributed by atoms with Gasteiger partial charge in [0.25, 0.3) is 0 Å². The minimum Gasteiger partial charge on any atom is -0.391 e. The summed E-state index contributed by atoms with van der Waals surface area (Å²) in [6.45, 7) is 0. The molecule has 2 aliphatic carbocycles. The average molecular weight is 514 g/mol. The number of hydrogen-bond donors (Lipinski definition) is 4. The van der Waals surface area contributed by atoms with E-state index in [1.807, 2.05) is 36.4 Å². The van der Waals surface area contributed by atoms with Crippen LogP contribution in [0.3, 0.4) is 0 Å². The Labute approximate surface area is 208 Å². The number of halogens is 2. The molecule has 8 heteroatoms. The van der Waals surface area contributed by atoms with Crippen LogP contribution in [0, 0.1) is 0 Å². The Balaban J connectivity index is 1.48. The Bertz CT molecular complexity index is 844. The molecular formula is C24H30Cl2N2O2S2. The maximum absolute atomic E-state index is 10.4. The standard InChI is InChI=1S/C24H30Cl2N2O2S2/c25-15-9-11-23(19(13-15)27-17-5-1-3-7-21(17)29)31-32-24-12-10-16(26)14-20(24)28-18-6-2-4-8-22(18)30/h9-14,17-18,21-22,27-30H,1-8H2/t17-,18+,21+,22-. The SMILES string of the molecule is O[C@@H]1CCCC[C@@H]1Nc1cc(Cl)ccc1SSc1ccc(Cl)cc1N[C@@H]1CCCC[C@@H]1O. The van der Waals surface area contributed by atoms with Gasteiger partial charge in [-0.15, -0.1) is 0 Å². The first-order valence-electron chi connectivity index (χ1n) is 11.3. The van der Waals surface area contributed by atoms with E-state index in [9.17, 15) is 10.2 Å². The van der Waals surface area contributed by atoms with Crippen molar-refractivity contribution < 1.29 is 10.2 Å². The number of aliphatic hydroxyl groups is 2. The molecule has 0 bridgehead atoms. The van der Waals surface area contributed by atoms with Gasteiger partial charge in [0, 0.05) is 19.8 Å². The van der Waals surface area contributed by atoms with Crippen LogP contribution in [-0.4, -0.2) is 34.5 Å². The highest BCUT2D eigenvalue weighted by Crippen LogP contribution is 2.45. The van der Waals surface area contributed by atoms with Crippen LogP contribution in [0.25, 0.3) is 0 Å². The number of rotatable bonds is 7. The second kappa shape index (κ2) is 11.6. The monoisotopic (exact) mass is 512 g/mol. The molecule has 0 amide bonds. The molecule has 0 saturated heterocycles. The molecule has 2 saturated carbocycles. The molecule has 4 nitrogen and oxygen atoms in total. The van der Waals surface area contributed by atoms with Gasteiger partial charge in [-0.3, -0.25) is 0 Å². The molecule has 32 heavy (non-hydrogen) atoms. The minimum atomic E-state index is -0.331. The Morgan fingerprint density at radius 3 is 1.47 bits per heavy atom. The molecule has 4 rings (SSSR count). The Hall–Kier alpha value is -0.760. The molecule has 4 N–H and O–H groups in total. The van der Waals surface area contributed by atoms with Crippen molar-refractivity contribution in [2.75, 3.05) is 10.6 Å². The lowest BCUT2D eigenvalue weighted by atomic mass is 9.92. The summed E-state index contributed by atoms with van der Waals surface area (Å²) in [5.74, 6) is 0. The third-order valence-corrected chi connectivity index (χ3v) is 9.20. The van der Waals surface area contributed by atoms with Crippen LogP contribution >= 0.6 is 44.8 Å². The van der Waals surface area contributed by atoms with Gasteiger partial charge in [-0.25, -0.2) is 0 Å². The third-order valence-electron chi connectivity index (χ3n) is 6.25. The molecule has 174 valence electrons. The van der Waals surface area contributed by atoms with E-state index in [1.54, 1.807) is 21.6 Å². The van der Waals surface area contributed by atoms with Gasteiger partial charge in [0.2, 0.25) is 0 Å². The van der Waals surface area contributed by atoms with E-state index < -0.39 is 0 Å². The van der Waals surface area contributed by atoms with Crippen LogP contribution in [0.2, 0.25) is 10.0 Å². The lowest BCUT2D eigenvalue weighted by Gasteiger charge is -2.30. The van der Waals surface area contributed by atoms with E-state index >= 15 is 0 Å². The zero-order valence-corrected chi connectivity index (χ0v) is 21.0. The second-order valence-corrected chi connectivity index (χ2v) is 11.7. The highest BCUT2D eigenvalue weighted by Gasteiger charge is 2.25. The largest absolute Gasteiger partial charge is 0.391 e. The molecule has 2 aromatic rings. The molecule has 0 heterocycles. The molecule has 0 aliphatic heterocycles. The Morgan fingerprint density at radius 2 is 1.06 bits per heavy atom. The molecule has 2 aromatic carbocycles. The van der Waals surface area contributed by atoms with Gasteiger partial charge in [0.15, 0.2) is 0 Å². The quantitative estimate of drug-likeness (QED) is 0.293. The highest BCUT2D eigenvalue weighted by molar-refractivity contribution is 8.76. The topological polar surface area (TPSA) is 64.5 Å². The lowest BCUT2D eigenvalue weighted by molar-refractivity contribution is 0.116. The second-order valence-electron chi connectivity index (χ2n) is 8.65. The van der Waals surface area contributed by atoms with Crippen molar-refractivity contribution in [1.82, 2.24) is 0 Å². The van der Waals surface area contributed by atoms with Crippen molar-refractivity contribution >= 4 is 56.2 Å². The Morgan fingerprint density at radius 1 is 0.656 bits per heavy atom. The molecule has 0 radical (unpaired) electrons. The number of hydrogen-bond acceptors (Lipinski definition) is 6. The van der Waals surface area contributed by atoms with E-state index in [1.165, 1.54) is 0 Å². The minimum absolute atomic E-state index is 0.0483. The average Bonchev–Trinajstić information content (AvgIpc) is 2.77. The van der Waals surface area contributed by atoms with Crippen LogP contribution in [0.4, 0.5) is 11.4 Å². The molecular weight excluding hydrogens is 483 g/mol. The molecule has 2 fully saturated rings. The van der Waals surface area contributed by atoms with Crippen LogP contribution in [0.1, 0.15) is 51.4 Å². The fourth-order valence-electron chi connectivity index (χ4n) is 4.42. The van der Waals surface area contributed by atoms with Crippen molar-refractivity contribution in [2.45, 2.75) is 85.4 Å². The fourth-order valence-corrected chi connectivity index (χ4v) is 7.02. The van der Waals surface area contributed by atoms with Crippen LogP contribution in [0.5, 0.6) is 0 Å². The predicted molar refractivity (Wildman–Crippen MR) is 138 cm³/mol. The summed E-state index contributed by atoms with van der Waals surface area (Å²) in [6.07, 6.45) is 7.33. The summed E-state index contributed by atoms with van der Waals surface area (Å²) in [5.41, 5.74) is 1.90. The number of anilines is 2. The van der Waals surface area contributed by atoms with E-state index in [2.05, 4.69) is 10.6 Å². The molecule has 4 atom stereocenters. The van der Waals surface area contributed by atoms with Crippen molar-refractivity contribution in [1.29, 1.82) is 0 Å². The van der Waals surface area contributed by atoms with E-state index in [-0.39, 0.29) is 24.3 Å². The summed E-state index contributed by atoms with van der Waals surface area (Å²) in [6, 6.07) is 11.8. The first-order valence-corrected chi connectivity index (χ1v) is 14.2. The Kier molecular flexibility index (Phi) is 8.82. The summed E-state index contributed by atoms with van der Waals surface area (Å²) >= 11 is 12.6.